The van der Waals surface area contributed by atoms with Crippen LogP contribution in [0.4, 0.5) is 0 Å². The lowest BCUT2D eigenvalue weighted by atomic mass is 10.1. The lowest BCUT2D eigenvalue weighted by Crippen LogP contribution is -2.28. The number of hydrogen-bond donors (Lipinski definition) is 0. The van der Waals surface area contributed by atoms with E-state index < -0.39 is 0 Å². The minimum absolute atomic E-state index is 0.00838. The van der Waals surface area contributed by atoms with E-state index in [2.05, 4.69) is 11.9 Å². The molecule has 1 saturated heterocycles. The molecule has 0 spiro atoms. The monoisotopic (exact) mass is 238 g/mol. The van der Waals surface area contributed by atoms with Crippen molar-refractivity contribution in [2.75, 3.05) is 13.1 Å². The largest absolute Gasteiger partial charge is 0.338 e. The van der Waals surface area contributed by atoms with Gasteiger partial charge in [0.1, 0.15) is 0 Å². The smallest absolute Gasteiger partial charge is 0.256 e. The van der Waals surface area contributed by atoms with Gasteiger partial charge in [-0.2, -0.15) is 0 Å². The van der Waals surface area contributed by atoms with E-state index in [1.807, 2.05) is 4.90 Å². The fourth-order valence-electron chi connectivity index (χ4n) is 2.06. The van der Waals surface area contributed by atoms with Crippen LogP contribution in [-0.2, 0) is 0 Å². The molecule has 3 nitrogen and oxygen atoms in total. The number of amides is 1. The summed E-state index contributed by atoms with van der Waals surface area (Å²) in [6.07, 6.45) is 5.37. The lowest BCUT2D eigenvalue weighted by molar-refractivity contribution is 0.0786. The highest BCUT2D eigenvalue weighted by molar-refractivity contribution is 6.33. The van der Waals surface area contributed by atoms with Crippen LogP contribution in [0.2, 0.25) is 5.02 Å². The third-order valence-electron chi connectivity index (χ3n) is 3.15. The molecule has 1 amide bonds. The van der Waals surface area contributed by atoms with Gasteiger partial charge in [0.2, 0.25) is 0 Å². The molecule has 16 heavy (non-hydrogen) atoms. The molecule has 4 heteroatoms. The van der Waals surface area contributed by atoms with Crippen LogP contribution in [0.25, 0.3) is 0 Å². The van der Waals surface area contributed by atoms with Gasteiger partial charge in [-0.3, -0.25) is 9.78 Å². The molecule has 0 aliphatic carbocycles. The highest BCUT2D eigenvalue weighted by Crippen LogP contribution is 2.23. The van der Waals surface area contributed by atoms with E-state index in [1.54, 1.807) is 18.5 Å². The summed E-state index contributed by atoms with van der Waals surface area (Å²) in [6, 6.07) is 1.65. The average molecular weight is 239 g/mol. The Morgan fingerprint density at radius 1 is 1.69 bits per heavy atom. The van der Waals surface area contributed by atoms with Gasteiger partial charge in [0.25, 0.3) is 5.91 Å². The zero-order valence-corrected chi connectivity index (χ0v) is 10.1. The predicted molar refractivity (Wildman–Crippen MR) is 63.5 cm³/mol. The molecule has 1 aromatic rings. The van der Waals surface area contributed by atoms with Gasteiger partial charge in [-0.1, -0.05) is 24.9 Å². The molecular formula is C12H15ClN2O. The number of carbonyl (C=O) groups is 1. The predicted octanol–water partition coefficient (Wildman–Crippen LogP) is 2.61. The minimum atomic E-state index is 0.00838. The third kappa shape index (κ3) is 2.19. The molecular weight excluding hydrogens is 224 g/mol. The van der Waals surface area contributed by atoms with Gasteiger partial charge < -0.3 is 4.90 Å². The van der Waals surface area contributed by atoms with Crippen molar-refractivity contribution in [3.63, 3.8) is 0 Å². The van der Waals surface area contributed by atoms with Crippen LogP contribution in [0.15, 0.2) is 18.5 Å². The van der Waals surface area contributed by atoms with Crippen molar-refractivity contribution in [1.29, 1.82) is 0 Å². The van der Waals surface area contributed by atoms with Crippen molar-refractivity contribution >= 4 is 17.5 Å². The van der Waals surface area contributed by atoms with Crippen molar-refractivity contribution in [2.24, 2.45) is 5.92 Å². The first kappa shape index (κ1) is 11.4. The zero-order valence-electron chi connectivity index (χ0n) is 9.32. The summed E-state index contributed by atoms with van der Waals surface area (Å²) in [6.45, 7) is 3.85. The van der Waals surface area contributed by atoms with Gasteiger partial charge in [0, 0.05) is 25.5 Å². The molecule has 1 fully saturated rings. The van der Waals surface area contributed by atoms with Crippen LogP contribution in [0, 0.1) is 5.92 Å². The van der Waals surface area contributed by atoms with E-state index in [0.717, 1.165) is 25.9 Å². The van der Waals surface area contributed by atoms with Gasteiger partial charge in [-0.05, 0) is 18.4 Å². The third-order valence-corrected chi connectivity index (χ3v) is 3.48. The average Bonchev–Trinajstić information content (AvgIpc) is 2.77. The molecule has 1 aromatic heterocycles. The van der Waals surface area contributed by atoms with Gasteiger partial charge in [0.15, 0.2) is 0 Å². The quantitative estimate of drug-likeness (QED) is 0.794. The first-order chi connectivity index (χ1) is 7.72. The van der Waals surface area contributed by atoms with E-state index in [4.69, 9.17) is 11.6 Å². The molecule has 0 bridgehead atoms. The summed E-state index contributed by atoms with van der Waals surface area (Å²) in [7, 11) is 0. The molecule has 0 N–H and O–H groups in total. The normalized spacial score (nSPS) is 20.1. The second-order valence-electron chi connectivity index (χ2n) is 4.17. The molecule has 0 radical (unpaired) electrons. The molecule has 86 valence electrons. The Labute approximate surface area is 100 Å². The van der Waals surface area contributed by atoms with Gasteiger partial charge >= 0.3 is 0 Å². The summed E-state index contributed by atoms with van der Waals surface area (Å²) >= 11 is 5.98. The summed E-state index contributed by atoms with van der Waals surface area (Å²) in [5, 5.41) is 0.486. The highest BCUT2D eigenvalue weighted by atomic mass is 35.5. The van der Waals surface area contributed by atoms with Crippen LogP contribution >= 0.6 is 11.6 Å². The summed E-state index contributed by atoms with van der Waals surface area (Å²) in [5.41, 5.74) is 0.515. The summed E-state index contributed by atoms with van der Waals surface area (Å²) in [4.78, 5) is 17.9. The zero-order chi connectivity index (χ0) is 11.5. The fraction of sp³-hybridized carbons (Fsp3) is 0.500. The van der Waals surface area contributed by atoms with Crippen molar-refractivity contribution < 1.29 is 4.79 Å². The van der Waals surface area contributed by atoms with Crippen molar-refractivity contribution in [3.05, 3.63) is 29.0 Å². The Kier molecular flexibility index (Phi) is 3.44. The van der Waals surface area contributed by atoms with Gasteiger partial charge in [0.05, 0.1) is 10.6 Å². The molecule has 0 saturated carbocycles. The van der Waals surface area contributed by atoms with E-state index in [9.17, 15) is 4.79 Å². The van der Waals surface area contributed by atoms with E-state index in [1.165, 1.54) is 0 Å². The minimum Gasteiger partial charge on any atom is -0.338 e. The SMILES string of the molecule is CCC1CCN(C(=O)c2cnccc2Cl)C1. The number of aromatic nitrogens is 1. The Balaban J connectivity index is 2.12. The Morgan fingerprint density at radius 2 is 2.50 bits per heavy atom. The van der Waals surface area contributed by atoms with E-state index in [-0.39, 0.29) is 5.91 Å². The number of carbonyl (C=O) groups excluding carboxylic acids is 1. The Bertz CT molecular complexity index is 394. The molecule has 1 aliphatic heterocycles. The number of halogens is 1. The van der Waals surface area contributed by atoms with Crippen LogP contribution in [0.5, 0.6) is 0 Å². The van der Waals surface area contributed by atoms with Crippen LogP contribution in [0.1, 0.15) is 30.1 Å². The van der Waals surface area contributed by atoms with Gasteiger partial charge in [-0.15, -0.1) is 0 Å². The van der Waals surface area contributed by atoms with Crippen molar-refractivity contribution in [3.8, 4) is 0 Å². The van der Waals surface area contributed by atoms with Crippen LogP contribution in [0.3, 0.4) is 0 Å². The summed E-state index contributed by atoms with van der Waals surface area (Å²) < 4.78 is 0. The Morgan fingerprint density at radius 3 is 3.12 bits per heavy atom. The van der Waals surface area contributed by atoms with Crippen molar-refractivity contribution in [1.82, 2.24) is 9.88 Å². The second kappa shape index (κ2) is 4.83. The first-order valence-electron chi connectivity index (χ1n) is 5.61. The molecule has 1 aliphatic rings. The standard InChI is InChI=1S/C12H15ClN2O/c1-2-9-4-6-15(8-9)12(16)10-7-14-5-3-11(10)13/h3,5,7,9H,2,4,6,8H2,1H3. The number of likely N-dealkylation sites (tertiary alicyclic amines) is 1. The highest BCUT2D eigenvalue weighted by Gasteiger charge is 2.26. The van der Waals surface area contributed by atoms with E-state index >= 15 is 0 Å². The Hall–Kier alpha value is -1.09. The molecule has 1 unspecified atom stereocenters. The van der Waals surface area contributed by atoms with Crippen LogP contribution in [-0.4, -0.2) is 28.9 Å². The number of nitrogens with zero attached hydrogens (tertiary/aromatic N) is 2. The molecule has 1 atom stereocenters. The fourth-order valence-corrected chi connectivity index (χ4v) is 2.24. The summed E-state index contributed by atoms with van der Waals surface area (Å²) in [5.74, 6) is 0.647. The maximum atomic E-state index is 12.1. The second-order valence-corrected chi connectivity index (χ2v) is 4.58. The molecule has 2 heterocycles. The van der Waals surface area contributed by atoms with Gasteiger partial charge in [-0.25, -0.2) is 0 Å². The lowest BCUT2D eigenvalue weighted by Gasteiger charge is -2.16. The first-order valence-corrected chi connectivity index (χ1v) is 5.99. The van der Waals surface area contributed by atoms with Crippen molar-refractivity contribution in [2.45, 2.75) is 19.8 Å². The van der Waals surface area contributed by atoms with Crippen LogP contribution < -0.4 is 0 Å². The topological polar surface area (TPSA) is 33.2 Å². The molecule has 2 rings (SSSR count). The van der Waals surface area contributed by atoms with E-state index in [0.29, 0.717) is 16.5 Å². The number of pyridine rings is 1. The maximum Gasteiger partial charge on any atom is 0.256 e. The molecule has 0 aromatic carbocycles. The number of rotatable bonds is 2. The maximum absolute atomic E-state index is 12.1. The number of hydrogen-bond acceptors (Lipinski definition) is 2.